The lowest BCUT2D eigenvalue weighted by atomic mass is 9.92. The number of halogens is 1. The summed E-state index contributed by atoms with van der Waals surface area (Å²) in [5.74, 6) is 0.339. The molecule has 0 aromatic heterocycles. The van der Waals surface area contributed by atoms with Crippen LogP contribution >= 0.6 is 0 Å². The van der Waals surface area contributed by atoms with E-state index >= 15 is 0 Å². The van der Waals surface area contributed by atoms with Gasteiger partial charge in [-0.05, 0) is 44.5 Å². The van der Waals surface area contributed by atoms with E-state index in [1.807, 2.05) is 31.2 Å². The van der Waals surface area contributed by atoms with Gasteiger partial charge in [0.1, 0.15) is 22.9 Å². The number of hydrogen-bond acceptors (Lipinski definition) is 5. The van der Waals surface area contributed by atoms with Crippen LogP contribution < -0.4 is 10.6 Å². The lowest BCUT2D eigenvalue weighted by Gasteiger charge is -2.21. The number of allylic oxidation sites excluding steroid dienone is 3. The molecule has 1 atom stereocenters. The molecule has 0 amide bonds. The summed E-state index contributed by atoms with van der Waals surface area (Å²) in [5.41, 5.74) is 1.84. The van der Waals surface area contributed by atoms with Gasteiger partial charge in [0, 0.05) is 36.0 Å². The van der Waals surface area contributed by atoms with Gasteiger partial charge in [-0.1, -0.05) is 12.6 Å². The Morgan fingerprint density at radius 3 is 2.92 bits per heavy atom. The molecule has 2 N–H and O–H groups in total. The molecule has 3 rings (SSSR count). The smallest absolute Gasteiger partial charge is 0.295 e. The van der Waals surface area contributed by atoms with Gasteiger partial charge in [0.05, 0.1) is 0 Å². The molecule has 6 heteroatoms. The number of rotatable bonds is 6. The lowest BCUT2D eigenvalue weighted by Crippen LogP contribution is -2.22. The summed E-state index contributed by atoms with van der Waals surface area (Å²) < 4.78 is 19.1. The second kappa shape index (κ2) is 7.15. The van der Waals surface area contributed by atoms with Crippen molar-refractivity contribution in [1.29, 1.82) is 0 Å². The minimum Gasteiger partial charge on any atom is -0.428 e. The largest absolute Gasteiger partial charge is 0.428 e. The Balaban J connectivity index is 1.65. The van der Waals surface area contributed by atoms with E-state index in [1.54, 1.807) is 6.92 Å². The Labute approximate surface area is 152 Å². The number of carbonyl (C=O) groups excluding carboxylic acids is 1. The van der Waals surface area contributed by atoms with E-state index in [-0.39, 0.29) is 11.6 Å². The zero-order valence-electron chi connectivity index (χ0n) is 14.9. The van der Waals surface area contributed by atoms with Gasteiger partial charge in [-0.2, -0.15) is 0 Å². The number of ketones is 1. The zero-order chi connectivity index (χ0) is 18.7. The normalized spacial score (nSPS) is 21.0. The fourth-order valence-corrected chi connectivity index (χ4v) is 2.77. The Morgan fingerprint density at radius 1 is 1.38 bits per heavy atom. The van der Waals surface area contributed by atoms with E-state index < -0.39 is 5.54 Å². The maximum Gasteiger partial charge on any atom is 0.295 e. The molecule has 0 bridgehead atoms. The first-order valence-electron chi connectivity index (χ1n) is 8.51. The number of anilines is 2. The monoisotopic (exact) mass is 355 g/mol. The molecule has 1 aromatic carbocycles. The number of aliphatic imine (C=N–C) groups is 1. The fourth-order valence-electron chi connectivity index (χ4n) is 2.77. The topological polar surface area (TPSA) is 62.7 Å². The van der Waals surface area contributed by atoms with Crippen molar-refractivity contribution in [3.63, 3.8) is 0 Å². The Morgan fingerprint density at radius 2 is 2.15 bits per heavy atom. The van der Waals surface area contributed by atoms with E-state index in [0.717, 1.165) is 17.1 Å². The quantitative estimate of drug-likeness (QED) is 0.778. The summed E-state index contributed by atoms with van der Waals surface area (Å²) in [5, 5.41) is 6.31. The molecule has 1 heterocycles. The van der Waals surface area contributed by atoms with E-state index in [0.29, 0.717) is 31.0 Å². The van der Waals surface area contributed by atoms with E-state index in [2.05, 4.69) is 22.2 Å². The molecule has 1 unspecified atom stereocenters. The Bertz CT molecular complexity index is 841. The van der Waals surface area contributed by atoms with Crippen molar-refractivity contribution >= 4 is 23.2 Å². The maximum atomic E-state index is 13.4. The highest BCUT2D eigenvalue weighted by molar-refractivity contribution is 5.92. The van der Waals surface area contributed by atoms with Gasteiger partial charge in [-0.15, -0.1) is 0 Å². The molecule has 2 aliphatic rings. The van der Waals surface area contributed by atoms with Crippen molar-refractivity contribution in [1.82, 2.24) is 0 Å². The standard InChI is InChI=1S/C20H22FN3O2/c1-13(7-8-14(2)25)22-16-5-4-6-17(12-16)23-19-24-20(3)10-9-15(21)11-18(20)26-19/h4-6,9,11-12,22H,1,7-8,10H2,2-3H3,(H,23,24). The van der Waals surface area contributed by atoms with Gasteiger partial charge in [0.15, 0.2) is 0 Å². The number of Topliss-reactive ketones (excluding diaryl/α,β-unsaturated/α-hetero) is 1. The predicted molar refractivity (Wildman–Crippen MR) is 102 cm³/mol. The number of nitrogens with one attached hydrogen (secondary N) is 2. The minimum absolute atomic E-state index is 0.134. The van der Waals surface area contributed by atoms with Gasteiger partial charge in [-0.25, -0.2) is 9.38 Å². The van der Waals surface area contributed by atoms with Crippen molar-refractivity contribution in [2.75, 3.05) is 10.6 Å². The predicted octanol–water partition coefficient (Wildman–Crippen LogP) is 4.68. The van der Waals surface area contributed by atoms with Crippen LogP contribution in [0.2, 0.25) is 0 Å². The van der Waals surface area contributed by atoms with Crippen LogP contribution in [0.1, 0.15) is 33.1 Å². The molecule has 0 spiro atoms. The van der Waals surface area contributed by atoms with Crippen LogP contribution in [-0.2, 0) is 9.53 Å². The van der Waals surface area contributed by atoms with Gasteiger partial charge in [0.2, 0.25) is 0 Å². The summed E-state index contributed by atoms with van der Waals surface area (Å²) in [6.45, 7) is 7.41. The van der Waals surface area contributed by atoms with Crippen molar-refractivity contribution in [2.24, 2.45) is 4.99 Å². The Kier molecular flexibility index (Phi) is 4.93. The molecule has 1 aliphatic heterocycles. The third-order valence-electron chi connectivity index (χ3n) is 4.26. The summed E-state index contributed by atoms with van der Waals surface area (Å²) >= 11 is 0. The van der Waals surface area contributed by atoms with E-state index in [4.69, 9.17) is 4.74 Å². The van der Waals surface area contributed by atoms with Crippen LogP contribution in [0, 0.1) is 0 Å². The number of hydrogen-bond donors (Lipinski definition) is 2. The second-order valence-electron chi connectivity index (χ2n) is 6.73. The van der Waals surface area contributed by atoms with E-state index in [9.17, 15) is 9.18 Å². The number of ether oxygens (including phenoxy) is 1. The van der Waals surface area contributed by atoms with Gasteiger partial charge >= 0.3 is 0 Å². The van der Waals surface area contributed by atoms with Crippen molar-refractivity contribution in [3.8, 4) is 0 Å². The molecular formula is C20H22FN3O2. The molecular weight excluding hydrogens is 333 g/mol. The summed E-state index contributed by atoms with van der Waals surface area (Å²) in [4.78, 5) is 15.6. The van der Waals surface area contributed by atoms with Gasteiger partial charge in [-0.3, -0.25) is 0 Å². The summed E-state index contributed by atoms with van der Waals surface area (Å²) in [6.07, 6.45) is 4.41. The molecule has 136 valence electrons. The van der Waals surface area contributed by atoms with Crippen LogP contribution in [-0.4, -0.2) is 17.3 Å². The third-order valence-corrected chi connectivity index (χ3v) is 4.26. The minimum atomic E-state index is -0.561. The number of amidine groups is 1. The highest BCUT2D eigenvalue weighted by Crippen LogP contribution is 2.37. The van der Waals surface area contributed by atoms with Crippen molar-refractivity contribution in [3.05, 3.63) is 60.3 Å². The summed E-state index contributed by atoms with van der Waals surface area (Å²) in [7, 11) is 0. The summed E-state index contributed by atoms with van der Waals surface area (Å²) in [6, 6.07) is 7.90. The first-order chi connectivity index (χ1) is 12.3. The Hall–Kier alpha value is -2.89. The first-order valence-corrected chi connectivity index (χ1v) is 8.51. The SMILES string of the molecule is C=C(CCC(C)=O)Nc1cccc(NC2=NC3(C)CC=C(F)C=C3O2)c1. The lowest BCUT2D eigenvalue weighted by molar-refractivity contribution is -0.116. The average molecular weight is 355 g/mol. The highest BCUT2D eigenvalue weighted by Gasteiger charge is 2.39. The molecule has 1 aliphatic carbocycles. The molecule has 26 heavy (non-hydrogen) atoms. The van der Waals surface area contributed by atoms with Crippen LogP contribution in [0.3, 0.4) is 0 Å². The molecule has 1 aromatic rings. The number of fused-ring (bicyclic) bond motifs is 1. The zero-order valence-corrected chi connectivity index (χ0v) is 14.9. The number of carbonyl (C=O) groups is 1. The molecule has 0 radical (unpaired) electrons. The fraction of sp³-hybridized carbons (Fsp3) is 0.300. The number of benzene rings is 1. The van der Waals surface area contributed by atoms with Crippen LogP contribution in [0.15, 0.2) is 65.3 Å². The molecule has 5 nitrogen and oxygen atoms in total. The van der Waals surface area contributed by atoms with Crippen molar-refractivity contribution in [2.45, 2.75) is 38.6 Å². The van der Waals surface area contributed by atoms with Crippen LogP contribution in [0.25, 0.3) is 0 Å². The third kappa shape index (κ3) is 4.20. The molecule has 0 saturated heterocycles. The van der Waals surface area contributed by atoms with Crippen LogP contribution in [0.5, 0.6) is 0 Å². The van der Waals surface area contributed by atoms with Gasteiger partial charge in [0.25, 0.3) is 6.02 Å². The van der Waals surface area contributed by atoms with Crippen LogP contribution in [0.4, 0.5) is 15.8 Å². The second-order valence-corrected chi connectivity index (χ2v) is 6.73. The van der Waals surface area contributed by atoms with E-state index in [1.165, 1.54) is 12.2 Å². The molecule has 0 fully saturated rings. The molecule has 0 saturated carbocycles. The number of nitrogens with zero attached hydrogens (tertiary/aromatic N) is 1. The first kappa shape index (κ1) is 17.9. The maximum absolute atomic E-state index is 13.4. The van der Waals surface area contributed by atoms with Gasteiger partial charge < -0.3 is 20.2 Å². The van der Waals surface area contributed by atoms with Crippen molar-refractivity contribution < 1.29 is 13.9 Å². The average Bonchev–Trinajstić information content (AvgIpc) is 2.88. The highest BCUT2D eigenvalue weighted by atomic mass is 19.1.